The Morgan fingerprint density at radius 3 is 2.63 bits per heavy atom. The summed E-state index contributed by atoms with van der Waals surface area (Å²) in [5, 5.41) is 0. The Morgan fingerprint density at radius 2 is 2.00 bits per heavy atom. The van der Waals surface area contributed by atoms with Crippen LogP contribution in [0.15, 0.2) is 12.1 Å². The van der Waals surface area contributed by atoms with Gasteiger partial charge in [0, 0.05) is 13.1 Å². The van der Waals surface area contributed by atoms with Gasteiger partial charge in [0.2, 0.25) is 0 Å². The van der Waals surface area contributed by atoms with Crippen LogP contribution in [0.5, 0.6) is 0 Å². The molecule has 1 fully saturated rings. The molecule has 1 aliphatic heterocycles. The van der Waals surface area contributed by atoms with Crippen molar-refractivity contribution in [1.82, 2.24) is 4.90 Å². The third kappa shape index (κ3) is 2.69. The smallest absolute Gasteiger partial charge is 0.257 e. The van der Waals surface area contributed by atoms with E-state index in [2.05, 4.69) is 13.8 Å². The fourth-order valence-corrected chi connectivity index (χ4v) is 2.38. The number of benzene rings is 1. The Morgan fingerprint density at radius 1 is 1.32 bits per heavy atom. The number of piperidine rings is 1. The van der Waals surface area contributed by atoms with Gasteiger partial charge in [-0.25, -0.2) is 8.78 Å². The van der Waals surface area contributed by atoms with E-state index < -0.39 is 17.5 Å². The first kappa shape index (κ1) is 13.8. The molecule has 1 aliphatic rings. The number of rotatable bonds is 1. The third-order valence-electron chi connectivity index (χ3n) is 3.92. The predicted octanol–water partition coefficient (Wildman–Crippen LogP) is 2.67. The number of hydrogen-bond donors (Lipinski definition) is 1. The zero-order valence-electron chi connectivity index (χ0n) is 11.1. The summed E-state index contributed by atoms with van der Waals surface area (Å²) in [4.78, 5) is 13.8. The van der Waals surface area contributed by atoms with Crippen molar-refractivity contribution in [3.05, 3.63) is 29.3 Å². The fourth-order valence-electron chi connectivity index (χ4n) is 2.38. The maximum absolute atomic E-state index is 13.8. The Bertz CT molecular complexity index is 504. The Hall–Kier alpha value is -1.65. The van der Waals surface area contributed by atoms with E-state index in [9.17, 15) is 13.6 Å². The lowest BCUT2D eigenvalue weighted by Gasteiger charge is -2.35. The molecule has 0 bridgehead atoms. The fraction of sp³-hybridized carbons (Fsp3) is 0.500. The summed E-state index contributed by atoms with van der Waals surface area (Å²) in [6.45, 7) is 5.32. The van der Waals surface area contributed by atoms with E-state index >= 15 is 0 Å². The van der Waals surface area contributed by atoms with Crippen LogP contribution in [-0.2, 0) is 0 Å². The van der Waals surface area contributed by atoms with Gasteiger partial charge >= 0.3 is 0 Å². The Kier molecular flexibility index (Phi) is 3.73. The second kappa shape index (κ2) is 5.15. The lowest BCUT2D eigenvalue weighted by molar-refractivity contribution is 0.0622. The molecule has 2 atom stereocenters. The van der Waals surface area contributed by atoms with E-state index in [0.29, 0.717) is 24.9 Å². The predicted molar refractivity (Wildman–Crippen MR) is 69.6 cm³/mol. The number of halogens is 2. The summed E-state index contributed by atoms with van der Waals surface area (Å²) in [7, 11) is 0. The van der Waals surface area contributed by atoms with E-state index in [0.717, 1.165) is 18.6 Å². The first-order valence-corrected chi connectivity index (χ1v) is 6.44. The number of anilines is 1. The van der Waals surface area contributed by atoms with Crippen LogP contribution in [0.2, 0.25) is 0 Å². The van der Waals surface area contributed by atoms with Gasteiger partial charge < -0.3 is 10.6 Å². The van der Waals surface area contributed by atoms with E-state index in [1.165, 1.54) is 0 Å². The molecule has 2 unspecified atom stereocenters. The van der Waals surface area contributed by atoms with Crippen molar-refractivity contribution in [1.29, 1.82) is 0 Å². The molecule has 3 nitrogen and oxygen atoms in total. The van der Waals surface area contributed by atoms with Gasteiger partial charge in [0.15, 0.2) is 5.82 Å². The van der Waals surface area contributed by atoms with E-state index in [-0.39, 0.29) is 11.3 Å². The van der Waals surface area contributed by atoms with Crippen molar-refractivity contribution in [2.24, 2.45) is 11.8 Å². The van der Waals surface area contributed by atoms with Gasteiger partial charge in [0.25, 0.3) is 5.91 Å². The number of nitrogens with zero attached hydrogens (tertiary/aromatic N) is 1. The number of carbonyl (C=O) groups is 1. The van der Waals surface area contributed by atoms with Crippen molar-refractivity contribution >= 4 is 11.6 Å². The highest BCUT2D eigenvalue weighted by Gasteiger charge is 2.28. The molecule has 5 heteroatoms. The number of likely N-dealkylation sites (tertiary alicyclic amines) is 1. The van der Waals surface area contributed by atoms with Gasteiger partial charge in [-0.2, -0.15) is 0 Å². The average Bonchev–Trinajstić information content (AvgIpc) is 2.36. The van der Waals surface area contributed by atoms with Crippen molar-refractivity contribution in [2.75, 3.05) is 18.8 Å². The first-order chi connectivity index (χ1) is 8.90. The molecule has 19 heavy (non-hydrogen) atoms. The van der Waals surface area contributed by atoms with Crippen molar-refractivity contribution in [2.45, 2.75) is 20.3 Å². The molecule has 0 aliphatic carbocycles. The second-order valence-electron chi connectivity index (χ2n) is 5.35. The molecule has 1 heterocycles. The van der Waals surface area contributed by atoms with Crippen LogP contribution in [0.25, 0.3) is 0 Å². The molecule has 2 N–H and O–H groups in total. The Labute approximate surface area is 111 Å². The molecule has 0 radical (unpaired) electrons. The lowest BCUT2D eigenvalue weighted by Crippen LogP contribution is -2.42. The second-order valence-corrected chi connectivity index (χ2v) is 5.35. The number of hydrogen-bond acceptors (Lipinski definition) is 2. The van der Waals surface area contributed by atoms with Crippen LogP contribution >= 0.6 is 0 Å². The summed E-state index contributed by atoms with van der Waals surface area (Å²) in [5.41, 5.74) is 4.74. The van der Waals surface area contributed by atoms with Crippen LogP contribution in [0.3, 0.4) is 0 Å². The average molecular weight is 268 g/mol. The minimum absolute atomic E-state index is 0.278. The number of nitrogen functional groups attached to an aromatic ring is 1. The molecule has 0 saturated carbocycles. The quantitative estimate of drug-likeness (QED) is 0.796. The normalized spacial score (nSPS) is 23.5. The molecular formula is C14H18F2N2O. The van der Waals surface area contributed by atoms with Crippen molar-refractivity contribution in [3.63, 3.8) is 0 Å². The molecule has 0 aromatic heterocycles. The first-order valence-electron chi connectivity index (χ1n) is 6.44. The molecule has 2 rings (SSSR count). The zero-order chi connectivity index (χ0) is 14.2. The lowest BCUT2D eigenvalue weighted by atomic mass is 9.88. The van der Waals surface area contributed by atoms with Gasteiger partial charge in [0.1, 0.15) is 5.82 Å². The minimum Gasteiger partial charge on any atom is -0.396 e. The monoisotopic (exact) mass is 268 g/mol. The highest BCUT2D eigenvalue weighted by Crippen LogP contribution is 2.25. The topological polar surface area (TPSA) is 46.3 Å². The van der Waals surface area contributed by atoms with E-state index in [1.54, 1.807) is 4.90 Å². The van der Waals surface area contributed by atoms with Crippen LogP contribution in [0.4, 0.5) is 14.5 Å². The molecule has 104 valence electrons. The van der Waals surface area contributed by atoms with Crippen LogP contribution in [-0.4, -0.2) is 23.9 Å². The van der Waals surface area contributed by atoms with Crippen LogP contribution in [0, 0.1) is 23.5 Å². The zero-order valence-corrected chi connectivity index (χ0v) is 11.1. The summed E-state index contributed by atoms with van der Waals surface area (Å²) in [6, 6.07) is 1.80. The Balaban J connectivity index is 2.25. The standard InChI is InChI=1S/C14H18F2N2O/c1-8-3-4-18(7-9(8)2)14(19)11-5-10(15)6-12(17)13(11)16/h5-6,8-9H,3-4,7,17H2,1-2H3. The summed E-state index contributed by atoms with van der Waals surface area (Å²) < 4.78 is 27.1. The molecular weight excluding hydrogens is 250 g/mol. The van der Waals surface area contributed by atoms with Gasteiger partial charge in [-0.3, -0.25) is 4.79 Å². The number of carbonyl (C=O) groups excluding carboxylic acids is 1. The minimum atomic E-state index is -0.835. The van der Waals surface area contributed by atoms with Gasteiger partial charge in [-0.05, 0) is 30.4 Å². The molecule has 1 aromatic rings. The maximum atomic E-state index is 13.8. The van der Waals surface area contributed by atoms with Crippen LogP contribution < -0.4 is 5.73 Å². The maximum Gasteiger partial charge on any atom is 0.257 e. The summed E-state index contributed by atoms with van der Waals surface area (Å²) >= 11 is 0. The highest BCUT2D eigenvalue weighted by atomic mass is 19.1. The summed E-state index contributed by atoms with van der Waals surface area (Å²) in [6.07, 6.45) is 0.874. The van der Waals surface area contributed by atoms with Gasteiger partial charge in [-0.1, -0.05) is 13.8 Å². The number of amides is 1. The molecule has 1 saturated heterocycles. The summed E-state index contributed by atoms with van der Waals surface area (Å²) in [5.74, 6) is -1.13. The third-order valence-corrected chi connectivity index (χ3v) is 3.92. The molecule has 1 amide bonds. The van der Waals surface area contributed by atoms with Crippen molar-refractivity contribution < 1.29 is 13.6 Å². The SMILES string of the molecule is CC1CCN(C(=O)c2cc(F)cc(N)c2F)CC1C. The molecule has 0 spiro atoms. The van der Waals surface area contributed by atoms with Crippen LogP contribution in [0.1, 0.15) is 30.6 Å². The highest BCUT2D eigenvalue weighted by molar-refractivity contribution is 5.95. The van der Waals surface area contributed by atoms with Gasteiger partial charge in [-0.15, -0.1) is 0 Å². The van der Waals surface area contributed by atoms with E-state index in [1.807, 2.05) is 0 Å². The van der Waals surface area contributed by atoms with Crippen molar-refractivity contribution in [3.8, 4) is 0 Å². The van der Waals surface area contributed by atoms with E-state index in [4.69, 9.17) is 5.73 Å². The number of nitrogens with two attached hydrogens (primary N) is 1. The van der Waals surface area contributed by atoms with Gasteiger partial charge in [0.05, 0.1) is 11.3 Å². The molecule has 1 aromatic carbocycles. The largest absolute Gasteiger partial charge is 0.396 e.